The Labute approximate surface area is 149 Å². The minimum atomic E-state index is 0.292. The number of fused-ring (bicyclic) bond motifs is 1. The summed E-state index contributed by atoms with van der Waals surface area (Å²) >= 11 is 0.292. The van der Waals surface area contributed by atoms with Crippen LogP contribution in [0.2, 0.25) is 0 Å². The summed E-state index contributed by atoms with van der Waals surface area (Å²) in [6.07, 6.45) is 0. The molecule has 0 unspecified atom stereocenters. The van der Waals surface area contributed by atoms with Crippen molar-refractivity contribution in [1.82, 2.24) is 0 Å². The van der Waals surface area contributed by atoms with Gasteiger partial charge < -0.3 is 0 Å². The summed E-state index contributed by atoms with van der Waals surface area (Å²) < 4.78 is 2.90. The molecule has 0 aliphatic rings. The van der Waals surface area contributed by atoms with Gasteiger partial charge in [-0.3, -0.25) is 0 Å². The Morgan fingerprint density at radius 2 is 1.29 bits per heavy atom. The third-order valence-corrected chi connectivity index (χ3v) is 6.86. The van der Waals surface area contributed by atoms with Gasteiger partial charge in [-0.15, -0.1) is 0 Å². The SMILES string of the molecule is Cc1ccccc1[Se]c1ccc2ccccc2c1-c1ccccc1. The van der Waals surface area contributed by atoms with Crippen LogP contribution in [-0.2, 0) is 0 Å². The monoisotopic (exact) mass is 374 g/mol. The first-order valence-corrected chi connectivity index (χ1v) is 9.85. The second-order valence-corrected chi connectivity index (χ2v) is 8.17. The summed E-state index contributed by atoms with van der Waals surface area (Å²) in [6, 6.07) is 32.8. The quantitative estimate of drug-likeness (QED) is 0.465. The van der Waals surface area contributed by atoms with E-state index in [4.69, 9.17) is 0 Å². The third-order valence-electron chi connectivity index (χ3n) is 4.27. The van der Waals surface area contributed by atoms with E-state index in [2.05, 4.69) is 97.9 Å². The molecule has 0 nitrogen and oxygen atoms in total. The van der Waals surface area contributed by atoms with E-state index in [0.717, 1.165) is 0 Å². The molecule has 0 saturated carbocycles. The Hall–Kier alpha value is -2.34. The molecule has 0 aliphatic heterocycles. The van der Waals surface area contributed by atoms with Crippen molar-refractivity contribution >= 4 is 34.7 Å². The molecule has 0 aromatic heterocycles. The summed E-state index contributed by atoms with van der Waals surface area (Å²) in [7, 11) is 0. The molecule has 0 amide bonds. The van der Waals surface area contributed by atoms with E-state index in [9.17, 15) is 0 Å². The fourth-order valence-corrected chi connectivity index (χ4v) is 5.29. The van der Waals surface area contributed by atoms with Crippen LogP contribution in [0.15, 0.2) is 91.0 Å². The molecule has 0 N–H and O–H groups in total. The Kier molecular flexibility index (Phi) is 4.21. The first-order chi connectivity index (χ1) is 11.8. The van der Waals surface area contributed by atoms with Crippen molar-refractivity contribution in [3.8, 4) is 11.1 Å². The van der Waals surface area contributed by atoms with Gasteiger partial charge in [-0.2, -0.15) is 0 Å². The van der Waals surface area contributed by atoms with Gasteiger partial charge in [0.2, 0.25) is 0 Å². The molecule has 0 bridgehead atoms. The summed E-state index contributed by atoms with van der Waals surface area (Å²) in [4.78, 5) is 0. The molecule has 24 heavy (non-hydrogen) atoms. The molecule has 1 heteroatoms. The molecule has 0 radical (unpaired) electrons. The molecular weight excluding hydrogens is 355 g/mol. The second-order valence-electron chi connectivity index (χ2n) is 5.89. The van der Waals surface area contributed by atoms with Gasteiger partial charge in [-0.25, -0.2) is 0 Å². The first kappa shape index (κ1) is 15.2. The summed E-state index contributed by atoms with van der Waals surface area (Å²) in [6.45, 7) is 2.21. The maximum atomic E-state index is 2.32. The minimum absolute atomic E-state index is 0.292. The van der Waals surface area contributed by atoms with Gasteiger partial charge in [0, 0.05) is 0 Å². The molecular formula is C23H18Se. The van der Waals surface area contributed by atoms with Gasteiger partial charge in [0.25, 0.3) is 0 Å². The van der Waals surface area contributed by atoms with Crippen LogP contribution in [0, 0.1) is 6.92 Å². The molecule has 4 aromatic rings. The van der Waals surface area contributed by atoms with Crippen LogP contribution in [-0.4, -0.2) is 15.0 Å². The average molecular weight is 373 g/mol. The number of benzene rings is 4. The van der Waals surface area contributed by atoms with E-state index in [0.29, 0.717) is 15.0 Å². The van der Waals surface area contributed by atoms with Crippen LogP contribution in [0.25, 0.3) is 21.9 Å². The van der Waals surface area contributed by atoms with E-state index in [1.54, 1.807) is 0 Å². The summed E-state index contributed by atoms with van der Waals surface area (Å²) in [5, 5.41) is 2.65. The topological polar surface area (TPSA) is 0 Å². The Bertz CT molecular complexity index is 987. The zero-order chi connectivity index (χ0) is 16.4. The Morgan fingerprint density at radius 3 is 2.12 bits per heavy atom. The fraction of sp³-hybridized carbons (Fsp3) is 0.0435. The van der Waals surface area contributed by atoms with Gasteiger partial charge in [0.1, 0.15) is 0 Å². The van der Waals surface area contributed by atoms with Gasteiger partial charge >= 0.3 is 149 Å². The molecule has 4 rings (SSSR count). The molecule has 0 atom stereocenters. The van der Waals surface area contributed by atoms with E-state index in [1.165, 1.54) is 36.4 Å². The van der Waals surface area contributed by atoms with Crippen molar-refractivity contribution < 1.29 is 0 Å². The molecule has 0 fully saturated rings. The standard InChI is InChI=1S/C23H18Se/c1-17-9-5-8-14-21(17)24-22-16-15-18-10-6-7-13-20(18)23(22)19-11-3-2-4-12-19/h2-16H,1H3. The second kappa shape index (κ2) is 6.65. The van der Waals surface area contributed by atoms with Crippen molar-refractivity contribution in [1.29, 1.82) is 0 Å². The van der Waals surface area contributed by atoms with Crippen molar-refractivity contribution in [2.45, 2.75) is 6.92 Å². The van der Waals surface area contributed by atoms with Crippen molar-refractivity contribution in [3.05, 3.63) is 96.6 Å². The molecule has 116 valence electrons. The van der Waals surface area contributed by atoms with Crippen LogP contribution in [0.3, 0.4) is 0 Å². The fourth-order valence-electron chi connectivity index (χ4n) is 3.03. The van der Waals surface area contributed by atoms with Crippen molar-refractivity contribution in [3.63, 3.8) is 0 Å². The number of aryl methyl sites for hydroxylation is 1. The molecule has 0 saturated heterocycles. The maximum absolute atomic E-state index is 2.32. The summed E-state index contributed by atoms with van der Waals surface area (Å²) in [5.74, 6) is 0. The van der Waals surface area contributed by atoms with Crippen LogP contribution in [0.4, 0.5) is 0 Å². The Morgan fingerprint density at radius 1 is 0.583 bits per heavy atom. The average Bonchev–Trinajstić information content (AvgIpc) is 2.64. The normalized spacial score (nSPS) is 10.9. The zero-order valence-electron chi connectivity index (χ0n) is 13.6. The predicted molar refractivity (Wildman–Crippen MR) is 106 cm³/mol. The molecule has 0 heterocycles. The molecule has 0 spiro atoms. The Balaban J connectivity index is 1.94. The van der Waals surface area contributed by atoms with Crippen molar-refractivity contribution in [2.24, 2.45) is 0 Å². The number of hydrogen-bond donors (Lipinski definition) is 0. The zero-order valence-corrected chi connectivity index (χ0v) is 15.3. The van der Waals surface area contributed by atoms with E-state index in [-0.39, 0.29) is 0 Å². The number of hydrogen-bond acceptors (Lipinski definition) is 0. The van der Waals surface area contributed by atoms with Crippen LogP contribution in [0.5, 0.6) is 0 Å². The predicted octanol–water partition coefficient (Wildman–Crippen LogP) is 4.47. The molecule has 0 aliphatic carbocycles. The van der Waals surface area contributed by atoms with E-state index < -0.39 is 0 Å². The van der Waals surface area contributed by atoms with Gasteiger partial charge in [-0.1, -0.05) is 0 Å². The van der Waals surface area contributed by atoms with Gasteiger partial charge in [-0.05, 0) is 0 Å². The van der Waals surface area contributed by atoms with Crippen LogP contribution >= 0.6 is 0 Å². The van der Waals surface area contributed by atoms with Gasteiger partial charge in [0.05, 0.1) is 0 Å². The summed E-state index contributed by atoms with van der Waals surface area (Å²) in [5.41, 5.74) is 4.07. The van der Waals surface area contributed by atoms with Crippen LogP contribution < -0.4 is 8.92 Å². The molecule has 4 aromatic carbocycles. The third kappa shape index (κ3) is 2.89. The van der Waals surface area contributed by atoms with Crippen LogP contribution in [0.1, 0.15) is 5.56 Å². The first-order valence-electron chi connectivity index (χ1n) is 8.13. The number of rotatable bonds is 3. The van der Waals surface area contributed by atoms with E-state index >= 15 is 0 Å². The van der Waals surface area contributed by atoms with Crippen molar-refractivity contribution in [2.75, 3.05) is 0 Å². The van der Waals surface area contributed by atoms with Gasteiger partial charge in [0.15, 0.2) is 0 Å². The van der Waals surface area contributed by atoms with E-state index in [1.807, 2.05) is 0 Å².